The number of benzene rings is 1. The van der Waals surface area contributed by atoms with Gasteiger partial charge in [-0.15, -0.1) is 10.2 Å². The summed E-state index contributed by atoms with van der Waals surface area (Å²) < 4.78 is 16.4. The van der Waals surface area contributed by atoms with Gasteiger partial charge in [0.25, 0.3) is 5.91 Å². The Hall–Kier alpha value is -3.24. The van der Waals surface area contributed by atoms with Crippen molar-refractivity contribution in [3.63, 3.8) is 0 Å². The summed E-state index contributed by atoms with van der Waals surface area (Å²) in [5.74, 6) is 1.75. The summed E-state index contributed by atoms with van der Waals surface area (Å²) in [7, 11) is 1.62. The Morgan fingerprint density at radius 1 is 1.09 bits per heavy atom. The van der Waals surface area contributed by atoms with Gasteiger partial charge in [-0.2, -0.15) is 0 Å². The zero-order chi connectivity index (χ0) is 21.9. The van der Waals surface area contributed by atoms with Crippen LogP contribution in [-0.4, -0.2) is 72.7 Å². The lowest BCUT2D eigenvalue weighted by Gasteiger charge is -2.27. The maximum absolute atomic E-state index is 12.8. The average Bonchev–Trinajstić information content (AvgIpc) is 3.28. The lowest BCUT2D eigenvalue weighted by Crippen LogP contribution is -2.37. The minimum atomic E-state index is -0.378. The molecule has 2 aliphatic heterocycles. The molecule has 5 rings (SSSR count). The van der Waals surface area contributed by atoms with Gasteiger partial charge in [0.15, 0.2) is 11.5 Å². The van der Waals surface area contributed by atoms with Gasteiger partial charge in [0.05, 0.1) is 25.8 Å². The minimum absolute atomic E-state index is 0.221. The Bertz CT molecular complexity index is 1090. The van der Waals surface area contributed by atoms with Crippen LogP contribution in [0.4, 0.5) is 11.8 Å². The maximum atomic E-state index is 12.8. The third kappa shape index (κ3) is 4.11. The summed E-state index contributed by atoms with van der Waals surface area (Å²) >= 11 is 0. The molecule has 2 aromatic heterocycles. The molecule has 4 heterocycles. The van der Waals surface area contributed by atoms with Crippen molar-refractivity contribution in [3.8, 4) is 5.75 Å². The average molecular weight is 438 g/mol. The fraction of sp³-hybridized carbons (Fsp3) is 0.455. The van der Waals surface area contributed by atoms with Gasteiger partial charge in [-0.05, 0) is 42.5 Å². The number of rotatable bonds is 5. The molecule has 10 heteroatoms. The van der Waals surface area contributed by atoms with Crippen LogP contribution in [0.2, 0.25) is 0 Å². The van der Waals surface area contributed by atoms with Crippen molar-refractivity contribution in [2.24, 2.45) is 0 Å². The number of carbonyl (C=O) groups excluding carboxylic acids is 1. The van der Waals surface area contributed by atoms with Gasteiger partial charge in [0, 0.05) is 26.3 Å². The van der Waals surface area contributed by atoms with E-state index in [-0.39, 0.29) is 11.6 Å². The second-order valence-corrected chi connectivity index (χ2v) is 7.88. The molecule has 0 spiro atoms. The van der Waals surface area contributed by atoms with E-state index in [2.05, 4.69) is 36.4 Å². The molecule has 0 radical (unpaired) electrons. The number of methoxy groups -OCH3 is 1. The normalized spacial score (nSPS) is 17.5. The molecule has 0 unspecified atom stereocenters. The molecule has 2 saturated heterocycles. The van der Waals surface area contributed by atoms with E-state index in [0.29, 0.717) is 30.8 Å². The standard InChI is InChI=1S/C22H26N6O4/c1-30-17-4-2-15(14-6-10-31-11-7-14)19-20(17)24-22(23-19)25-21(29)16-3-5-18(27-26-16)28-8-12-32-13-9-28/h2-5,14H,6-13H2,1H3,(H2,23,24,25,29). The van der Waals surface area contributed by atoms with E-state index in [1.54, 1.807) is 19.2 Å². The van der Waals surface area contributed by atoms with Crippen LogP contribution >= 0.6 is 0 Å². The van der Waals surface area contributed by atoms with E-state index < -0.39 is 0 Å². The molecule has 10 nitrogen and oxygen atoms in total. The number of morpholine rings is 1. The summed E-state index contributed by atoms with van der Waals surface area (Å²) in [6, 6.07) is 7.47. The number of fused-ring (bicyclic) bond motifs is 1. The molecule has 3 aromatic rings. The monoisotopic (exact) mass is 438 g/mol. The van der Waals surface area contributed by atoms with Crippen molar-refractivity contribution in [2.75, 3.05) is 56.8 Å². The minimum Gasteiger partial charge on any atom is -0.494 e. The highest BCUT2D eigenvalue weighted by atomic mass is 16.5. The lowest BCUT2D eigenvalue weighted by atomic mass is 9.90. The van der Waals surface area contributed by atoms with Crippen LogP contribution in [0, 0.1) is 0 Å². The first kappa shape index (κ1) is 20.7. The van der Waals surface area contributed by atoms with E-state index in [9.17, 15) is 4.79 Å². The second kappa shape index (κ2) is 9.09. The van der Waals surface area contributed by atoms with E-state index in [0.717, 1.165) is 61.6 Å². The molecule has 168 valence electrons. The van der Waals surface area contributed by atoms with E-state index in [4.69, 9.17) is 14.2 Å². The van der Waals surface area contributed by atoms with Crippen LogP contribution in [0.1, 0.15) is 34.8 Å². The Morgan fingerprint density at radius 2 is 1.88 bits per heavy atom. The second-order valence-electron chi connectivity index (χ2n) is 7.88. The number of carbonyl (C=O) groups is 1. The quantitative estimate of drug-likeness (QED) is 0.624. The number of aromatic amines is 1. The number of amides is 1. The Kier molecular flexibility index (Phi) is 5.87. The summed E-state index contributed by atoms with van der Waals surface area (Å²) in [5, 5.41) is 11.1. The summed E-state index contributed by atoms with van der Waals surface area (Å²) in [5.41, 5.74) is 2.93. The molecule has 32 heavy (non-hydrogen) atoms. The van der Waals surface area contributed by atoms with E-state index in [1.165, 1.54) is 0 Å². The first-order valence-corrected chi connectivity index (χ1v) is 10.8. The van der Waals surface area contributed by atoms with Gasteiger partial charge in [-0.1, -0.05) is 6.07 Å². The Morgan fingerprint density at radius 3 is 2.59 bits per heavy atom. The number of aromatic nitrogens is 4. The van der Waals surface area contributed by atoms with Gasteiger partial charge in [-0.25, -0.2) is 4.98 Å². The number of nitrogens with zero attached hydrogens (tertiary/aromatic N) is 4. The number of anilines is 2. The number of H-pyrrole nitrogens is 1. The molecule has 0 bridgehead atoms. The topological polar surface area (TPSA) is 114 Å². The fourth-order valence-electron chi connectivity index (χ4n) is 4.23. The fourth-order valence-corrected chi connectivity index (χ4v) is 4.23. The molecule has 2 fully saturated rings. The van der Waals surface area contributed by atoms with Crippen LogP contribution in [0.5, 0.6) is 5.75 Å². The molecule has 2 N–H and O–H groups in total. The highest BCUT2D eigenvalue weighted by Crippen LogP contribution is 2.36. The number of imidazole rings is 1. The maximum Gasteiger partial charge on any atom is 0.278 e. The third-order valence-corrected chi connectivity index (χ3v) is 5.97. The predicted octanol–water partition coefficient (Wildman–Crippen LogP) is 2.34. The summed E-state index contributed by atoms with van der Waals surface area (Å²) in [4.78, 5) is 22.7. The third-order valence-electron chi connectivity index (χ3n) is 5.97. The molecular weight excluding hydrogens is 412 g/mol. The van der Waals surface area contributed by atoms with Crippen LogP contribution in [-0.2, 0) is 9.47 Å². The van der Waals surface area contributed by atoms with Crippen molar-refractivity contribution in [2.45, 2.75) is 18.8 Å². The van der Waals surface area contributed by atoms with Crippen molar-refractivity contribution in [1.82, 2.24) is 20.2 Å². The van der Waals surface area contributed by atoms with Crippen LogP contribution in [0.25, 0.3) is 11.0 Å². The van der Waals surface area contributed by atoms with Crippen molar-refractivity contribution in [1.29, 1.82) is 0 Å². The van der Waals surface area contributed by atoms with Gasteiger partial charge in [-0.3, -0.25) is 10.1 Å². The van der Waals surface area contributed by atoms with Gasteiger partial charge in [0.2, 0.25) is 5.95 Å². The van der Waals surface area contributed by atoms with E-state index >= 15 is 0 Å². The Labute approximate surface area is 185 Å². The van der Waals surface area contributed by atoms with Crippen molar-refractivity contribution < 1.29 is 19.0 Å². The zero-order valence-electron chi connectivity index (χ0n) is 18.0. The van der Waals surface area contributed by atoms with Gasteiger partial charge >= 0.3 is 0 Å². The van der Waals surface area contributed by atoms with E-state index in [1.807, 2.05) is 6.07 Å². The number of hydrogen-bond acceptors (Lipinski definition) is 8. The van der Waals surface area contributed by atoms with Crippen molar-refractivity contribution in [3.05, 3.63) is 35.5 Å². The predicted molar refractivity (Wildman–Crippen MR) is 118 cm³/mol. The number of nitrogens with one attached hydrogen (secondary N) is 2. The molecule has 0 aliphatic carbocycles. The molecule has 1 aromatic carbocycles. The SMILES string of the molecule is COc1ccc(C2CCOCC2)c2nc(NC(=O)c3ccc(N4CCOCC4)nn3)[nH]c12. The van der Waals surface area contributed by atoms with Crippen LogP contribution in [0.15, 0.2) is 24.3 Å². The molecule has 1 amide bonds. The smallest absolute Gasteiger partial charge is 0.278 e. The molecule has 0 saturated carbocycles. The summed E-state index contributed by atoms with van der Waals surface area (Å²) in [6.45, 7) is 4.33. The molecule has 2 aliphatic rings. The van der Waals surface area contributed by atoms with Crippen LogP contribution in [0.3, 0.4) is 0 Å². The zero-order valence-corrected chi connectivity index (χ0v) is 18.0. The highest BCUT2D eigenvalue weighted by Gasteiger charge is 2.22. The first-order chi connectivity index (χ1) is 15.7. The highest BCUT2D eigenvalue weighted by molar-refractivity contribution is 6.02. The van der Waals surface area contributed by atoms with Crippen LogP contribution < -0.4 is 15.0 Å². The lowest BCUT2D eigenvalue weighted by molar-refractivity contribution is 0.0856. The largest absolute Gasteiger partial charge is 0.494 e. The van der Waals surface area contributed by atoms with Gasteiger partial charge in [0.1, 0.15) is 11.3 Å². The first-order valence-electron chi connectivity index (χ1n) is 10.8. The Balaban J connectivity index is 1.37. The van der Waals surface area contributed by atoms with Crippen molar-refractivity contribution >= 4 is 28.7 Å². The molecule has 0 atom stereocenters. The molecular formula is C22H26N6O4. The number of ether oxygens (including phenoxy) is 3. The van der Waals surface area contributed by atoms with Gasteiger partial charge < -0.3 is 24.1 Å². The number of hydrogen-bond donors (Lipinski definition) is 2. The summed E-state index contributed by atoms with van der Waals surface area (Å²) in [6.07, 6.45) is 1.89.